The number of halogens is 1. The van der Waals surface area contributed by atoms with E-state index < -0.39 is 0 Å². The number of ether oxygens (including phenoxy) is 1. The van der Waals surface area contributed by atoms with Crippen molar-refractivity contribution in [3.63, 3.8) is 0 Å². The Morgan fingerprint density at radius 3 is 2.84 bits per heavy atom. The quantitative estimate of drug-likeness (QED) is 0.541. The van der Waals surface area contributed by atoms with Gasteiger partial charge in [0.1, 0.15) is 12.4 Å². The fourth-order valence-corrected chi connectivity index (χ4v) is 1.88. The molecule has 1 aromatic rings. The number of likely N-dealkylation sites (N-methyl/N-ethyl adjacent to an activating group) is 1. The Balaban J connectivity index is 2.23. The number of unbranched alkanes of at least 4 members (excludes halogenated alkanes) is 1. The molecule has 0 spiro atoms. The van der Waals surface area contributed by atoms with E-state index in [0.717, 1.165) is 18.6 Å². The fraction of sp³-hybridized carbons (Fsp3) is 0.533. The first-order valence-electron chi connectivity index (χ1n) is 6.63. The molecule has 0 fully saturated rings. The lowest BCUT2D eigenvalue weighted by Crippen LogP contribution is -2.30. The van der Waals surface area contributed by atoms with Gasteiger partial charge in [-0.3, -0.25) is 4.79 Å². The number of carbonyl (C=O) groups is 1. The van der Waals surface area contributed by atoms with Crippen LogP contribution in [-0.2, 0) is 4.79 Å². The summed E-state index contributed by atoms with van der Waals surface area (Å²) in [6.07, 6.45) is 2.31. The standard InChI is InChI=1S/C15H22ClNO2/c1-13-6-5-7-14(12-13)19-11-10-17(2)15(18)8-3-4-9-16/h5-7,12H,3-4,8-11H2,1-2H3. The topological polar surface area (TPSA) is 29.5 Å². The van der Waals surface area contributed by atoms with Crippen LogP contribution >= 0.6 is 11.6 Å². The number of carbonyl (C=O) groups excluding carboxylic acids is 1. The molecule has 3 nitrogen and oxygen atoms in total. The van der Waals surface area contributed by atoms with Crippen LogP contribution in [0.25, 0.3) is 0 Å². The van der Waals surface area contributed by atoms with Gasteiger partial charge < -0.3 is 9.64 Å². The lowest BCUT2D eigenvalue weighted by Gasteiger charge is -2.17. The minimum Gasteiger partial charge on any atom is -0.492 e. The number of alkyl halides is 1. The highest BCUT2D eigenvalue weighted by Crippen LogP contribution is 2.12. The smallest absolute Gasteiger partial charge is 0.222 e. The van der Waals surface area contributed by atoms with Crippen molar-refractivity contribution in [3.05, 3.63) is 29.8 Å². The zero-order chi connectivity index (χ0) is 14.1. The van der Waals surface area contributed by atoms with E-state index in [1.807, 2.05) is 38.2 Å². The number of amides is 1. The van der Waals surface area contributed by atoms with E-state index in [2.05, 4.69) is 0 Å². The molecule has 0 aromatic heterocycles. The lowest BCUT2D eigenvalue weighted by molar-refractivity contribution is -0.130. The van der Waals surface area contributed by atoms with E-state index in [1.54, 1.807) is 4.90 Å². The number of benzene rings is 1. The molecule has 0 aliphatic carbocycles. The Morgan fingerprint density at radius 2 is 2.16 bits per heavy atom. The third-order valence-corrected chi connectivity index (χ3v) is 3.15. The molecule has 1 rings (SSSR count). The van der Waals surface area contributed by atoms with Crippen LogP contribution in [0.3, 0.4) is 0 Å². The van der Waals surface area contributed by atoms with Crippen LogP contribution in [0.4, 0.5) is 0 Å². The molecule has 0 bridgehead atoms. The van der Waals surface area contributed by atoms with Crippen LogP contribution in [0.2, 0.25) is 0 Å². The van der Waals surface area contributed by atoms with Crippen LogP contribution in [-0.4, -0.2) is 36.9 Å². The zero-order valence-corrected chi connectivity index (χ0v) is 12.4. The van der Waals surface area contributed by atoms with Crippen LogP contribution < -0.4 is 4.74 Å². The zero-order valence-electron chi connectivity index (χ0n) is 11.7. The molecular formula is C15H22ClNO2. The second-order valence-electron chi connectivity index (χ2n) is 4.63. The van der Waals surface area contributed by atoms with Crippen molar-refractivity contribution in [1.29, 1.82) is 0 Å². The fourth-order valence-electron chi connectivity index (χ4n) is 1.69. The Labute approximate surface area is 120 Å². The molecule has 0 heterocycles. The van der Waals surface area contributed by atoms with Gasteiger partial charge >= 0.3 is 0 Å². The molecule has 19 heavy (non-hydrogen) atoms. The van der Waals surface area contributed by atoms with Gasteiger partial charge in [0.25, 0.3) is 0 Å². The maximum atomic E-state index is 11.7. The second-order valence-corrected chi connectivity index (χ2v) is 5.00. The third-order valence-electron chi connectivity index (χ3n) is 2.88. The van der Waals surface area contributed by atoms with Crippen molar-refractivity contribution in [2.24, 2.45) is 0 Å². The SMILES string of the molecule is Cc1cccc(OCCN(C)C(=O)CCCCCl)c1. The molecule has 0 unspecified atom stereocenters. The van der Waals surface area contributed by atoms with Crippen molar-refractivity contribution in [1.82, 2.24) is 4.90 Å². The molecule has 0 atom stereocenters. The number of aryl methyl sites for hydroxylation is 1. The summed E-state index contributed by atoms with van der Waals surface area (Å²) in [6, 6.07) is 7.91. The van der Waals surface area contributed by atoms with Crippen LogP contribution in [0.15, 0.2) is 24.3 Å². The largest absolute Gasteiger partial charge is 0.492 e. The molecule has 0 aliphatic heterocycles. The van der Waals surface area contributed by atoms with Crippen molar-refractivity contribution >= 4 is 17.5 Å². The Bertz CT molecular complexity index is 395. The van der Waals surface area contributed by atoms with Gasteiger partial charge in [0.05, 0.1) is 6.54 Å². The van der Waals surface area contributed by atoms with Crippen molar-refractivity contribution in [3.8, 4) is 5.75 Å². The average Bonchev–Trinajstić information content (AvgIpc) is 2.39. The summed E-state index contributed by atoms with van der Waals surface area (Å²) >= 11 is 5.58. The first-order valence-corrected chi connectivity index (χ1v) is 7.16. The predicted molar refractivity (Wildman–Crippen MR) is 78.9 cm³/mol. The first kappa shape index (κ1) is 15.8. The van der Waals surface area contributed by atoms with Gasteiger partial charge in [-0.15, -0.1) is 11.6 Å². The number of rotatable bonds is 8. The van der Waals surface area contributed by atoms with E-state index >= 15 is 0 Å². The third kappa shape index (κ3) is 6.48. The maximum absolute atomic E-state index is 11.7. The molecule has 1 aromatic carbocycles. The minimum atomic E-state index is 0.151. The predicted octanol–water partition coefficient (Wildman–Crippen LogP) is 3.24. The van der Waals surface area contributed by atoms with E-state index in [4.69, 9.17) is 16.3 Å². The molecule has 1 amide bonds. The number of nitrogens with zero attached hydrogens (tertiary/aromatic N) is 1. The molecule has 0 N–H and O–H groups in total. The van der Waals surface area contributed by atoms with Gasteiger partial charge in [-0.05, 0) is 37.5 Å². The highest BCUT2D eigenvalue weighted by atomic mass is 35.5. The molecule has 0 saturated heterocycles. The highest BCUT2D eigenvalue weighted by molar-refractivity contribution is 6.17. The summed E-state index contributed by atoms with van der Waals surface area (Å²) in [5.74, 6) is 1.62. The monoisotopic (exact) mass is 283 g/mol. The van der Waals surface area contributed by atoms with Gasteiger partial charge in [0.2, 0.25) is 5.91 Å². The molecular weight excluding hydrogens is 262 g/mol. The van der Waals surface area contributed by atoms with Crippen molar-refractivity contribution in [2.45, 2.75) is 26.2 Å². The number of hydrogen-bond acceptors (Lipinski definition) is 2. The summed E-state index contributed by atoms with van der Waals surface area (Å²) in [5.41, 5.74) is 1.17. The van der Waals surface area contributed by atoms with E-state index in [-0.39, 0.29) is 5.91 Å². The summed E-state index contributed by atoms with van der Waals surface area (Å²) in [4.78, 5) is 13.5. The highest BCUT2D eigenvalue weighted by Gasteiger charge is 2.07. The minimum absolute atomic E-state index is 0.151. The average molecular weight is 284 g/mol. The van der Waals surface area contributed by atoms with Gasteiger partial charge in [-0.1, -0.05) is 12.1 Å². The van der Waals surface area contributed by atoms with Gasteiger partial charge in [0.15, 0.2) is 0 Å². The normalized spacial score (nSPS) is 10.3. The van der Waals surface area contributed by atoms with Crippen molar-refractivity contribution in [2.75, 3.05) is 26.1 Å². The van der Waals surface area contributed by atoms with Crippen LogP contribution in [0.5, 0.6) is 5.75 Å². The summed E-state index contributed by atoms with van der Waals surface area (Å²) in [6.45, 7) is 3.15. The number of hydrogen-bond donors (Lipinski definition) is 0. The van der Waals surface area contributed by atoms with Crippen LogP contribution in [0.1, 0.15) is 24.8 Å². The Kier molecular flexibility index (Phi) is 7.34. The molecule has 106 valence electrons. The summed E-state index contributed by atoms with van der Waals surface area (Å²) in [5, 5.41) is 0. The van der Waals surface area contributed by atoms with E-state index in [0.29, 0.717) is 25.5 Å². The maximum Gasteiger partial charge on any atom is 0.222 e. The van der Waals surface area contributed by atoms with Gasteiger partial charge in [-0.2, -0.15) is 0 Å². The summed E-state index contributed by atoms with van der Waals surface area (Å²) in [7, 11) is 1.81. The second kappa shape index (κ2) is 8.81. The molecule has 0 saturated carbocycles. The first-order chi connectivity index (χ1) is 9.13. The van der Waals surface area contributed by atoms with Gasteiger partial charge in [0, 0.05) is 19.3 Å². The van der Waals surface area contributed by atoms with Crippen LogP contribution in [0, 0.1) is 6.92 Å². The molecule has 4 heteroatoms. The molecule has 0 radical (unpaired) electrons. The van der Waals surface area contributed by atoms with Gasteiger partial charge in [-0.25, -0.2) is 0 Å². The molecule has 0 aliphatic rings. The van der Waals surface area contributed by atoms with Crippen molar-refractivity contribution < 1.29 is 9.53 Å². The Morgan fingerprint density at radius 1 is 1.37 bits per heavy atom. The summed E-state index contributed by atoms with van der Waals surface area (Å²) < 4.78 is 5.62. The Hall–Kier alpha value is -1.22. The lowest BCUT2D eigenvalue weighted by atomic mass is 10.2. The van der Waals surface area contributed by atoms with E-state index in [1.165, 1.54) is 5.56 Å². The van der Waals surface area contributed by atoms with E-state index in [9.17, 15) is 4.79 Å².